The molecule has 3 rings (SSSR count). The smallest absolute Gasteiger partial charge is 0.269 e. The Balaban J connectivity index is 1.57. The van der Waals surface area contributed by atoms with Gasteiger partial charge in [0.25, 0.3) is 5.91 Å². The average molecular weight is 391 g/mol. The molecule has 3 atom stereocenters. The highest BCUT2D eigenvalue weighted by atomic mass is 35.5. The molecule has 0 aliphatic heterocycles. The Labute approximate surface area is 162 Å². The van der Waals surface area contributed by atoms with E-state index in [1.165, 1.54) is 12.5 Å². The zero-order chi connectivity index (χ0) is 19.4. The molecule has 0 radical (unpaired) electrons. The lowest BCUT2D eigenvalue weighted by Crippen LogP contribution is -2.49. The normalized spacial score (nSPS) is 22.3. The van der Waals surface area contributed by atoms with E-state index in [2.05, 4.69) is 15.6 Å². The highest BCUT2D eigenvalue weighted by Crippen LogP contribution is 2.25. The Hall–Kier alpha value is -2.38. The van der Waals surface area contributed by atoms with Gasteiger partial charge < -0.3 is 20.3 Å². The Kier molecular flexibility index (Phi) is 6.13. The lowest BCUT2D eigenvalue weighted by molar-refractivity contribution is -0.127. The largest absolute Gasteiger partial charge is 0.391 e. The molecular formula is C19H23ClN4O3. The van der Waals surface area contributed by atoms with Crippen LogP contribution < -0.4 is 10.6 Å². The third-order valence-electron chi connectivity index (χ3n) is 4.96. The summed E-state index contributed by atoms with van der Waals surface area (Å²) in [6.45, 7) is 0.351. The second kappa shape index (κ2) is 8.54. The van der Waals surface area contributed by atoms with Gasteiger partial charge >= 0.3 is 0 Å². The molecule has 3 N–H and O–H groups in total. The van der Waals surface area contributed by atoms with Crippen molar-refractivity contribution in [1.82, 2.24) is 20.2 Å². The fourth-order valence-corrected chi connectivity index (χ4v) is 3.54. The molecule has 0 saturated heterocycles. The van der Waals surface area contributed by atoms with Crippen molar-refractivity contribution in [2.45, 2.75) is 38.0 Å². The van der Waals surface area contributed by atoms with Crippen LogP contribution in [0.15, 0.2) is 36.8 Å². The van der Waals surface area contributed by atoms with E-state index >= 15 is 0 Å². The molecule has 2 amide bonds. The molecule has 1 fully saturated rings. The molecule has 1 heterocycles. The monoisotopic (exact) mass is 390 g/mol. The van der Waals surface area contributed by atoms with Crippen LogP contribution in [0, 0.1) is 5.92 Å². The molecule has 1 aromatic heterocycles. The van der Waals surface area contributed by atoms with Gasteiger partial charge in [0.2, 0.25) is 5.91 Å². The van der Waals surface area contributed by atoms with Gasteiger partial charge in [0.05, 0.1) is 24.7 Å². The summed E-state index contributed by atoms with van der Waals surface area (Å²) in [5.74, 6) is -0.675. The molecule has 144 valence electrons. The maximum atomic E-state index is 12.5. The molecule has 0 unspecified atom stereocenters. The summed E-state index contributed by atoms with van der Waals surface area (Å²) < 4.78 is 1.61. The van der Waals surface area contributed by atoms with Crippen molar-refractivity contribution in [2.24, 2.45) is 13.0 Å². The first-order chi connectivity index (χ1) is 13.0. The van der Waals surface area contributed by atoms with Crippen LogP contribution in [0.2, 0.25) is 5.02 Å². The molecule has 0 bridgehead atoms. The number of benzene rings is 1. The first-order valence-electron chi connectivity index (χ1n) is 8.92. The SMILES string of the molecule is Cn1cncc1C(=O)N[C@@H]1C[C@@H](C(=O)NCc2ccccc2Cl)CC[C@H]1O. The Morgan fingerprint density at radius 3 is 2.81 bits per heavy atom. The number of carbonyl (C=O) groups is 2. The number of nitrogens with zero attached hydrogens (tertiary/aromatic N) is 2. The zero-order valence-electron chi connectivity index (χ0n) is 15.1. The van der Waals surface area contributed by atoms with Crippen LogP contribution >= 0.6 is 11.6 Å². The summed E-state index contributed by atoms with van der Waals surface area (Å²) in [5, 5.41) is 16.6. The average Bonchev–Trinajstić information content (AvgIpc) is 3.08. The van der Waals surface area contributed by atoms with Gasteiger partial charge in [0, 0.05) is 24.5 Å². The van der Waals surface area contributed by atoms with Crippen molar-refractivity contribution in [3.63, 3.8) is 0 Å². The number of aryl methyl sites for hydroxylation is 1. The quantitative estimate of drug-likeness (QED) is 0.723. The van der Waals surface area contributed by atoms with Crippen LogP contribution in [0.3, 0.4) is 0 Å². The number of nitrogens with one attached hydrogen (secondary N) is 2. The number of carbonyl (C=O) groups excluding carboxylic acids is 2. The Morgan fingerprint density at radius 2 is 2.11 bits per heavy atom. The number of aliphatic hydroxyl groups excluding tert-OH is 1. The van der Waals surface area contributed by atoms with Crippen LogP contribution in [0.1, 0.15) is 35.3 Å². The summed E-state index contributed by atoms with van der Waals surface area (Å²) in [6, 6.07) is 6.88. The first kappa shape index (κ1) is 19.4. The van der Waals surface area contributed by atoms with Gasteiger partial charge in [-0.1, -0.05) is 29.8 Å². The van der Waals surface area contributed by atoms with E-state index in [1.807, 2.05) is 18.2 Å². The number of aromatic nitrogens is 2. The van der Waals surface area contributed by atoms with E-state index in [4.69, 9.17) is 11.6 Å². The molecule has 1 aliphatic carbocycles. The zero-order valence-corrected chi connectivity index (χ0v) is 15.8. The molecule has 2 aromatic rings. The topological polar surface area (TPSA) is 96.2 Å². The third kappa shape index (κ3) is 4.67. The minimum Gasteiger partial charge on any atom is -0.391 e. The van der Waals surface area contributed by atoms with Gasteiger partial charge in [-0.15, -0.1) is 0 Å². The Morgan fingerprint density at radius 1 is 1.33 bits per heavy atom. The lowest BCUT2D eigenvalue weighted by Gasteiger charge is -2.33. The number of hydrogen-bond acceptors (Lipinski definition) is 4. The van der Waals surface area contributed by atoms with Crippen LogP contribution in [0.25, 0.3) is 0 Å². The fraction of sp³-hybridized carbons (Fsp3) is 0.421. The molecule has 0 spiro atoms. The number of hydrogen-bond donors (Lipinski definition) is 3. The van der Waals surface area contributed by atoms with Gasteiger partial charge in [0.15, 0.2) is 0 Å². The number of aliphatic hydroxyl groups is 1. The van der Waals surface area contributed by atoms with E-state index < -0.39 is 12.1 Å². The molecule has 8 heteroatoms. The minimum absolute atomic E-state index is 0.0957. The molecule has 1 saturated carbocycles. The van der Waals surface area contributed by atoms with E-state index in [9.17, 15) is 14.7 Å². The highest BCUT2D eigenvalue weighted by molar-refractivity contribution is 6.31. The second-order valence-electron chi connectivity index (χ2n) is 6.86. The molecule has 7 nitrogen and oxygen atoms in total. The van der Waals surface area contributed by atoms with E-state index in [-0.39, 0.29) is 17.7 Å². The summed E-state index contributed by atoms with van der Waals surface area (Å²) in [5.41, 5.74) is 1.26. The first-order valence-corrected chi connectivity index (χ1v) is 9.30. The van der Waals surface area contributed by atoms with Crippen molar-refractivity contribution in [3.8, 4) is 0 Å². The summed E-state index contributed by atoms with van der Waals surface area (Å²) in [7, 11) is 1.73. The van der Waals surface area contributed by atoms with Gasteiger partial charge in [-0.05, 0) is 30.9 Å². The molecule has 1 aliphatic rings. The number of amides is 2. The van der Waals surface area contributed by atoms with Crippen molar-refractivity contribution >= 4 is 23.4 Å². The number of halogens is 1. The second-order valence-corrected chi connectivity index (χ2v) is 7.26. The van der Waals surface area contributed by atoms with Crippen molar-refractivity contribution < 1.29 is 14.7 Å². The summed E-state index contributed by atoms with van der Waals surface area (Å²) in [6.07, 6.45) is 3.76. The summed E-state index contributed by atoms with van der Waals surface area (Å²) in [4.78, 5) is 28.8. The minimum atomic E-state index is -0.671. The maximum absolute atomic E-state index is 12.5. The predicted octanol–water partition coefficient (Wildman–Crippen LogP) is 1.65. The van der Waals surface area contributed by atoms with E-state index in [1.54, 1.807) is 17.7 Å². The highest BCUT2D eigenvalue weighted by Gasteiger charge is 2.34. The lowest BCUT2D eigenvalue weighted by atomic mass is 9.83. The standard InChI is InChI=1S/C19H23ClN4O3/c1-24-11-21-10-16(24)19(27)23-15-8-12(6-7-17(15)25)18(26)22-9-13-4-2-3-5-14(13)20/h2-5,10-12,15,17,25H,6-9H2,1H3,(H,22,26)(H,23,27)/t12-,15+,17+/m0/s1. The molecule has 27 heavy (non-hydrogen) atoms. The molecular weight excluding hydrogens is 368 g/mol. The van der Waals surface area contributed by atoms with E-state index in [0.717, 1.165) is 5.56 Å². The fourth-order valence-electron chi connectivity index (χ4n) is 3.33. The van der Waals surface area contributed by atoms with Crippen molar-refractivity contribution in [2.75, 3.05) is 0 Å². The van der Waals surface area contributed by atoms with E-state index in [0.29, 0.717) is 36.5 Å². The van der Waals surface area contributed by atoms with Gasteiger partial charge in [-0.2, -0.15) is 0 Å². The van der Waals surface area contributed by atoms with Crippen LogP contribution in [0.5, 0.6) is 0 Å². The number of imidazole rings is 1. The van der Waals surface area contributed by atoms with Gasteiger partial charge in [-0.3, -0.25) is 9.59 Å². The molecule has 1 aromatic carbocycles. The Bertz CT molecular complexity index is 823. The van der Waals surface area contributed by atoms with Crippen molar-refractivity contribution in [3.05, 3.63) is 53.1 Å². The van der Waals surface area contributed by atoms with Crippen LogP contribution in [-0.2, 0) is 18.4 Å². The predicted molar refractivity (Wildman–Crippen MR) is 101 cm³/mol. The van der Waals surface area contributed by atoms with Crippen LogP contribution in [0.4, 0.5) is 0 Å². The van der Waals surface area contributed by atoms with Crippen LogP contribution in [-0.4, -0.2) is 38.6 Å². The third-order valence-corrected chi connectivity index (χ3v) is 5.33. The maximum Gasteiger partial charge on any atom is 0.269 e. The van der Waals surface area contributed by atoms with Crippen molar-refractivity contribution in [1.29, 1.82) is 0 Å². The van der Waals surface area contributed by atoms with Gasteiger partial charge in [0.1, 0.15) is 5.69 Å². The van der Waals surface area contributed by atoms with Gasteiger partial charge in [-0.25, -0.2) is 4.98 Å². The number of rotatable bonds is 5. The summed E-state index contributed by atoms with van der Waals surface area (Å²) >= 11 is 6.12.